The fourth-order valence-corrected chi connectivity index (χ4v) is 4.78. The van der Waals surface area contributed by atoms with E-state index in [0.29, 0.717) is 33.0 Å². The molecule has 0 atom stereocenters. The van der Waals surface area contributed by atoms with Gasteiger partial charge in [0.1, 0.15) is 5.82 Å². The fraction of sp³-hybridized carbons (Fsp3) is 0.148. The molecule has 1 fully saturated rings. The second-order valence-electron chi connectivity index (χ2n) is 7.84. The van der Waals surface area contributed by atoms with Crippen LogP contribution in [0, 0.1) is 12.7 Å². The smallest absolute Gasteiger partial charge is 0.270 e. The van der Waals surface area contributed by atoms with Crippen LogP contribution in [0.2, 0.25) is 0 Å². The first-order chi connectivity index (χ1) is 17.3. The van der Waals surface area contributed by atoms with Gasteiger partial charge in [0, 0.05) is 5.69 Å². The van der Waals surface area contributed by atoms with Gasteiger partial charge in [-0.3, -0.25) is 14.5 Å². The van der Waals surface area contributed by atoms with Crippen LogP contribution in [0.5, 0.6) is 11.5 Å². The zero-order valence-electron chi connectivity index (χ0n) is 19.6. The number of carbonyl (C=O) groups is 2. The van der Waals surface area contributed by atoms with Gasteiger partial charge >= 0.3 is 0 Å². The van der Waals surface area contributed by atoms with Crippen LogP contribution in [-0.4, -0.2) is 29.3 Å². The second kappa shape index (κ2) is 11.4. The van der Waals surface area contributed by atoms with Gasteiger partial charge in [0.25, 0.3) is 11.8 Å². The van der Waals surface area contributed by atoms with E-state index in [1.165, 1.54) is 40.9 Å². The van der Waals surface area contributed by atoms with E-state index in [-0.39, 0.29) is 18.3 Å². The third kappa shape index (κ3) is 6.10. The zero-order valence-corrected chi connectivity index (χ0v) is 21.3. The minimum Gasteiger partial charge on any atom is -0.490 e. The molecule has 0 saturated carbocycles. The molecule has 0 radical (unpaired) electrons. The van der Waals surface area contributed by atoms with E-state index in [1.807, 2.05) is 38.1 Å². The summed E-state index contributed by atoms with van der Waals surface area (Å²) >= 11 is 6.70. The summed E-state index contributed by atoms with van der Waals surface area (Å²) in [4.78, 5) is 27.3. The number of anilines is 2. The van der Waals surface area contributed by atoms with E-state index in [4.69, 9.17) is 21.7 Å². The van der Waals surface area contributed by atoms with Gasteiger partial charge in [-0.2, -0.15) is 0 Å². The number of aryl methyl sites for hydroxylation is 1. The van der Waals surface area contributed by atoms with Crippen LogP contribution < -0.4 is 19.7 Å². The Kier molecular flexibility index (Phi) is 8.02. The summed E-state index contributed by atoms with van der Waals surface area (Å²) in [7, 11) is 0. The van der Waals surface area contributed by atoms with E-state index >= 15 is 0 Å². The number of carbonyl (C=O) groups excluding carboxylic acids is 2. The standard InChI is InChI=1S/C27H23FN2O4S2/c1-3-33-23-14-18(7-12-22(23)34-16-25(31)29-20-10-8-19(28)9-11-20)15-24-26(32)30(27(35)36-24)21-6-4-5-17(2)13-21/h4-15H,3,16H2,1-2H3,(H,29,31)/b24-15-. The SMILES string of the molecule is CCOc1cc(/C=C2\SC(=S)N(c3cccc(C)c3)C2=O)ccc1OCC(=O)Nc1ccc(F)cc1. The van der Waals surface area contributed by atoms with Crippen molar-refractivity contribution in [3.63, 3.8) is 0 Å². The summed E-state index contributed by atoms with van der Waals surface area (Å²) in [5.41, 5.74) is 2.96. The molecule has 3 aromatic carbocycles. The number of benzene rings is 3. The molecule has 3 aromatic rings. The van der Waals surface area contributed by atoms with Crippen LogP contribution in [0.1, 0.15) is 18.1 Å². The monoisotopic (exact) mass is 522 g/mol. The fourth-order valence-electron chi connectivity index (χ4n) is 3.48. The molecule has 1 heterocycles. The Balaban J connectivity index is 1.47. The van der Waals surface area contributed by atoms with Crippen molar-refractivity contribution in [3.05, 3.63) is 88.6 Å². The van der Waals surface area contributed by atoms with Crippen LogP contribution in [-0.2, 0) is 9.59 Å². The number of ether oxygens (including phenoxy) is 2. The maximum atomic E-state index is 13.1. The van der Waals surface area contributed by atoms with Crippen molar-refractivity contribution >= 4 is 57.6 Å². The molecule has 9 heteroatoms. The third-order valence-corrected chi connectivity index (χ3v) is 6.41. The minimum atomic E-state index is -0.395. The van der Waals surface area contributed by atoms with Gasteiger partial charge < -0.3 is 14.8 Å². The van der Waals surface area contributed by atoms with Gasteiger partial charge in [-0.15, -0.1) is 0 Å². The molecule has 0 unspecified atom stereocenters. The molecule has 0 bridgehead atoms. The minimum absolute atomic E-state index is 0.189. The lowest BCUT2D eigenvalue weighted by molar-refractivity contribution is -0.118. The summed E-state index contributed by atoms with van der Waals surface area (Å²) in [6.45, 7) is 3.93. The molecule has 2 amide bonds. The number of amides is 2. The number of hydrogen-bond donors (Lipinski definition) is 1. The van der Waals surface area contributed by atoms with Crippen molar-refractivity contribution in [1.29, 1.82) is 0 Å². The van der Waals surface area contributed by atoms with Gasteiger partial charge in [-0.1, -0.05) is 42.2 Å². The molecule has 1 saturated heterocycles. The van der Waals surface area contributed by atoms with Gasteiger partial charge in [0.15, 0.2) is 22.4 Å². The van der Waals surface area contributed by atoms with E-state index in [9.17, 15) is 14.0 Å². The van der Waals surface area contributed by atoms with Crippen molar-refractivity contribution in [2.75, 3.05) is 23.4 Å². The van der Waals surface area contributed by atoms with Gasteiger partial charge in [-0.05, 0) is 79.6 Å². The lowest BCUT2D eigenvalue weighted by Gasteiger charge is -2.15. The summed E-state index contributed by atoms with van der Waals surface area (Å²) in [5, 5.41) is 2.64. The number of halogens is 1. The Hall–Kier alpha value is -3.69. The summed E-state index contributed by atoms with van der Waals surface area (Å²) in [6, 6.07) is 18.3. The predicted octanol–water partition coefficient (Wildman–Crippen LogP) is 5.96. The maximum Gasteiger partial charge on any atom is 0.270 e. The molecular weight excluding hydrogens is 499 g/mol. The summed E-state index contributed by atoms with van der Waals surface area (Å²) < 4.78 is 24.9. The number of hydrogen-bond acceptors (Lipinski definition) is 6. The van der Waals surface area contributed by atoms with E-state index in [0.717, 1.165) is 16.8 Å². The van der Waals surface area contributed by atoms with Gasteiger partial charge in [0.2, 0.25) is 0 Å². The van der Waals surface area contributed by atoms with Crippen LogP contribution in [0.4, 0.5) is 15.8 Å². The van der Waals surface area contributed by atoms with Crippen LogP contribution >= 0.6 is 24.0 Å². The lowest BCUT2D eigenvalue weighted by atomic mass is 10.1. The average molecular weight is 523 g/mol. The molecule has 0 aromatic heterocycles. The Morgan fingerprint density at radius 3 is 2.58 bits per heavy atom. The largest absolute Gasteiger partial charge is 0.490 e. The summed E-state index contributed by atoms with van der Waals surface area (Å²) in [5.74, 6) is -0.145. The molecule has 36 heavy (non-hydrogen) atoms. The zero-order chi connectivity index (χ0) is 25.7. The molecule has 4 rings (SSSR count). The van der Waals surface area contributed by atoms with Crippen molar-refractivity contribution in [1.82, 2.24) is 0 Å². The highest BCUT2D eigenvalue weighted by molar-refractivity contribution is 8.27. The topological polar surface area (TPSA) is 67.9 Å². The van der Waals surface area contributed by atoms with Crippen molar-refractivity contribution in [3.8, 4) is 11.5 Å². The molecule has 0 aliphatic carbocycles. The average Bonchev–Trinajstić information content (AvgIpc) is 3.12. The molecule has 1 aliphatic rings. The number of nitrogens with one attached hydrogen (secondary N) is 1. The normalized spacial score (nSPS) is 14.3. The maximum absolute atomic E-state index is 13.1. The first-order valence-corrected chi connectivity index (χ1v) is 12.4. The molecule has 0 spiro atoms. The number of thioether (sulfide) groups is 1. The van der Waals surface area contributed by atoms with Crippen molar-refractivity contribution < 1.29 is 23.5 Å². The Bertz CT molecular complexity index is 1340. The quantitative estimate of drug-likeness (QED) is 0.291. The molecule has 6 nitrogen and oxygen atoms in total. The van der Waals surface area contributed by atoms with E-state index in [2.05, 4.69) is 5.32 Å². The molecular formula is C27H23FN2O4S2. The first-order valence-electron chi connectivity index (χ1n) is 11.1. The van der Waals surface area contributed by atoms with Gasteiger partial charge in [-0.25, -0.2) is 4.39 Å². The van der Waals surface area contributed by atoms with Gasteiger partial charge in [0.05, 0.1) is 17.2 Å². The number of rotatable bonds is 8. The van der Waals surface area contributed by atoms with Crippen LogP contribution in [0.15, 0.2) is 71.6 Å². The van der Waals surface area contributed by atoms with Crippen molar-refractivity contribution in [2.45, 2.75) is 13.8 Å². The highest BCUT2D eigenvalue weighted by Crippen LogP contribution is 2.37. The Morgan fingerprint density at radius 2 is 1.86 bits per heavy atom. The van der Waals surface area contributed by atoms with Crippen LogP contribution in [0.3, 0.4) is 0 Å². The van der Waals surface area contributed by atoms with Crippen molar-refractivity contribution in [2.24, 2.45) is 0 Å². The van der Waals surface area contributed by atoms with E-state index in [1.54, 1.807) is 24.3 Å². The third-order valence-electron chi connectivity index (χ3n) is 5.11. The highest BCUT2D eigenvalue weighted by atomic mass is 32.2. The Morgan fingerprint density at radius 1 is 1.08 bits per heavy atom. The predicted molar refractivity (Wildman–Crippen MR) is 145 cm³/mol. The second-order valence-corrected chi connectivity index (χ2v) is 9.51. The molecule has 184 valence electrons. The lowest BCUT2D eigenvalue weighted by Crippen LogP contribution is -2.27. The highest BCUT2D eigenvalue weighted by Gasteiger charge is 2.33. The van der Waals surface area contributed by atoms with Crippen LogP contribution in [0.25, 0.3) is 6.08 Å². The first kappa shape index (κ1) is 25.4. The van der Waals surface area contributed by atoms with E-state index < -0.39 is 5.91 Å². The number of thiocarbonyl (C=S) groups is 1. The molecule has 1 aliphatic heterocycles. The Labute approximate surface area is 218 Å². The number of nitrogens with zero attached hydrogens (tertiary/aromatic N) is 1. The molecule has 1 N–H and O–H groups in total. The summed E-state index contributed by atoms with van der Waals surface area (Å²) in [6.07, 6.45) is 1.75.